The van der Waals surface area contributed by atoms with Crippen LogP contribution in [-0.4, -0.2) is 39.4 Å². The number of H-pyrrole nitrogens is 1. The third-order valence-electron chi connectivity index (χ3n) is 3.64. The summed E-state index contributed by atoms with van der Waals surface area (Å²) in [5, 5.41) is 11.0. The topological polar surface area (TPSA) is 97.0 Å². The first-order valence-corrected chi connectivity index (χ1v) is 10.3. The number of carbonyl (C=O) groups excluding carboxylic acids is 2. The summed E-state index contributed by atoms with van der Waals surface area (Å²) in [4.78, 5) is 28.3. The van der Waals surface area contributed by atoms with Gasteiger partial charge in [0.25, 0.3) is 0 Å². The molecule has 1 heterocycles. The van der Waals surface area contributed by atoms with Crippen LogP contribution in [-0.2, 0) is 9.53 Å². The van der Waals surface area contributed by atoms with E-state index in [1.54, 1.807) is 49.4 Å². The molecule has 0 aliphatic rings. The minimum absolute atomic E-state index is 0.0925. The maximum absolute atomic E-state index is 12.2. The van der Waals surface area contributed by atoms with Gasteiger partial charge < -0.3 is 10.1 Å². The minimum atomic E-state index is -0.438. The molecule has 0 spiro atoms. The lowest BCUT2D eigenvalue weighted by atomic mass is 10.2. The minimum Gasteiger partial charge on any atom is -0.462 e. The van der Waals surface area contributed by atoms with Gasteiger partial charge in [0.05, 0.1) is 22.9 Å². The highest BCUT2D eigenvalue weighted by atomic mass is 35.5. The summed E-state index contributed by atoms with van der Waals surface area (Å²) >= 11 is 13.2. The fraction of sp³-hybridized carbons (Fsp3) is 0.158. The molecule has 3 rings (SSSR count). The second-order valence-corrected chi connectivity index (χ2v) is 7.52. The Hall–Kier alpha value is -2.55. The lowest BCUT2D eigenvalue weighted by Gasteiger charge is -2.06. The van der Waals surface area contributed by atoms with Gasteiger partial charge >= 0.3 is 5.97 Å². The number of amides is 1. The molecule has 0 unspecified atom stereocenters. The van der Waals surface area contributed by atoms with E-state index in [1.165, 1.54) is 0 Å². The van der Waals surface area contributed by atoms with Crippen LogP contribution in [0, 0.1) is 0 Å². The number of rotatable bonds is 7. The molecule has 0 bridgehead atoms. The van der Waals surface area contributed by atoms with E-state index in [0.717, 1.165) is 11.8 Å². The highest BCUT2D eigenvalue weighted by Crippen LogP contribution is 2.29. The Labute approximate surface area is 181 Å². The molecule has 0 aliphatic heterocycles. The number of halogens is 2. The smallest absolute Gasteiger partial charge is 0.338 e. The van der Waals surface area contributed by atoms with Crippen LogP contribution in [0.2, 0.25) is 10.0 Å². The summed E-state index contributed by atoms with van der Waals surface area (Å²) in [6, 6.07) is 11.6. The lowest BCUT2D eigenvalue weighted by molar-refractivity contribution is -0.113. The maximum Gasteiger partial charge on any atom is 0.338 e. The fourth-order valence-electron chi connectivity index (χ4n) is 2.38. The van der Waals surface area contributed by atoms with Gasteiger partial charge in [0, 0.05) is 16.3 Å². The number of aromatic amines is 1. The van der Waals surface area contributed by atoms with Crippen LogP contribution in [0.1, 0.15) is 17.3 Å². The molecule has 1 amide bonds. The molecule has 29 heavy (non-hydrogen) atoms. The number of thioether (sulfide) groups is 1. The summed E-state index contributed by atoms with van der Waals surface area (Å²) < 4.78 is 4.95. The number of ether oxygens (including phenoxy) is 1. The number of hydrogen-bond acceptors (Lipinski definition) is 6. The summed E-state index contributed by atoms with van der Waals surface area (Å²) in [6.07, 6.45) is 0. The van der Waals surface area contributed by atoms with Crippen LogP contribution in [0.3, 0.4) is 0 Å². The summed E-state index contributed by atoms with van der Waals surface area (Å²) in [5.74, 6) is -0.120. The van der Waals surface area contributed by atoms with E-state index in [0.29, 0.717) is 37.8 Å². The van der Waals surface area contributed by atoms with Crippen molar-refractivity contribution >= 4 is 52.5 Å². The van der Waals surface area contributed by atoms with Crippen LogP contribution in [0.15, 0.2) is 47.6 Å². The number of benzene rings is 2. The molecule has 2 N–H and O–H groups in total. The van der Waals surface area contributed by atoms with Gasteiger partial charge in [0.2, 0.25) is 11.1 Å². The molecule has 0 saturated heterocycles. The van der Waals surface area contributed by atoms with Crippen LogP contribution in [0.5, 0.6) is 0 Å². The first-order chi connectivity index (χ1) is 14.0. The van der Waals surface area contributed by atoms with Gasteiger partial charge in [-0.2, -0.15) is 0 Å². The van der Waals surface area contributed by atoms with E-state index in [2.05, 4.69) is 20.5 Å². The number of nitrogens with zero attached hydrogens (tertiary/aromatic N) is 2. The van der Waals surface area contributed by atoms with Crippen molar-refractivity contribution in [1.29, 1.82) is 0 Å². The van der Waals surface area contributed by atoms with Crippen molar-refractivity contribution in [3.05, 3.63) is 58.1 Å². The van der Waals surface area contributed by atoms with Crippen molar-refractivity contribution in [1.82, 2.24) is 15.2 Å². The molecule has 7 nitrogen and oxygen atoms in total. The van der Waals surface area contributed by atoms with E-state index in [-0.39, 0.29) is 18.3 Å². The van der Waals surface area contributed by atoms with Crippen LogP contribution in [0.25, 0.3) is 11.4 Å². The molecule has 0 aliphatic carbocycles. The highest BCUT2D eigenvalue weighted by Gasteiger charge is 2.13. The SMILES string of the molecule is CCOC(=O)c1cccc(NC(=O)CSc2n[nH]c(-c3ccc(Cl)cc3Cl)n2)c1. The van der Waals surface area contributed by atoms with Gasteiger partial charge in [-0.05, 0) is 43.3 Å². The van der Waals surface area contributed by atoms with Gasteiger partial charge in [-0.3, -0.25) is 9.89 Å². The van der Waals surface area contributed by atoms with E-state index >= 15 is 0 Å². The Morgan fingerprint density at radius 2 is 2.03 bits per heavy atom. The number of carbonyl (C=O) groups is 2. The Bertz CT molecular complexity index is 1040. The molecule has 150 valence electrons. The Balaban J connectivity index is 1.58. The van der Waals surface area contributed by atoms with Crippen LogP contribution in [0.4, 0.5) is 5.69 Å². The van der Waals surface area contributed by atoms with E-state index < -0.39 is 5.97 Å². The third-order valence-corrected chi connectivity index (χ3v) is 5.04. The number of aromatic nitrogens is 3. The Kier molecular flexibility index (Phi) is 7.13. The molecule has 1 aromatic heterocycles. The average Bonchev–Trinajstić information content (AvgIpc) is 3.15. The molecular weight excluding hydrogens is 435 g/mol. The number of esters is 1. The quantitative estimate of drug-likeness (QED) is 0.400. The van der Waals surface area contributed by atoms with Crippen molar-refractivity contribution in [2.24, 2.45) is 0 Å². The van der Waals surface area contributed by atoms with Crippen molar-refractivity contribution < 1.29 is 14.3 Å². The molecular formula is C19H16Cl2N4O3S. The molecule has 0 atom stereocenters. The lowest BCUT2D eigenvalue weighted by Crippen LogP contribution is -2.14. The standard InChI is InChI=1S/C19H16Cl2N4O3S/c1-2-28-18(27)11-4-3-5-13(8-11)22-16(26)10-29-19-23-17(24-25-19)14-7-6-12(20)9-15(14)21/h3-9H,2,10H2,1H3,(H,22,26)(H,23,24,25). The molecule has 3 aromatic rings. The number of hydrogen-bond donors (Lipinski definition) is 2. The zero-order valence-corrected chi connectivity index (χ0v) is 17.6. The van der Waals surface area contributed by atoms with E-state index in [9.17, 15) is 9.59 Å². The first-order valence-electron chi connectivity index (χ1n) is 8.54. The van der Waals surface area contributed by atoms with E-state index in [4.69, 9.17) is 27.9 Å². The molecule has 2 aromatic carbocycles. The molecule has 0 fully saturated rings. The zero-order chi connectivity index (χ0) is 20.8. The summed E-state index contributed by atoms with van der Waals surface area (Å²) in [7, 11) is 0. The van der Waals surface area contributed by atoms with Crippen molar-refractivity contribution in [2.75, 3.05) is 17.7 Å². The van der Waals surface area contributed by atoms with Crippen LogP contribution < -0.4 is 5.32 Å². The van der Waals surface area contributed by atoms with Gasteiger partial charge in [0.15, 0.2) is 5.82 Å². The van der Waals surface area contributed by atoms with Gasteiger partial charge in [0.1, 0.15) is 0 Å². The predicted molar refractivity (Wildman–Crippen MR) is 114 cm³/mol. The van der Waals surface area contributed by atoms with Gasteiger partial charge in [-0.25, -0.2) is 9.78 Å². The first kappa shape index (κ1) is 21.2. The van der Waals surface area contributed by atoms with Crippen LogP contribution >= 0.6 is 35.0 Å². The second-order valence-electron chi connectivity index (χ2n) is 5.73. The highest BCUT2D eigenvalue weighted by molar-refractivity contribution is 7.99. The van der Waals surface area contributed by atoms with Crippen molar-refractivity contribution in [3.8, 4) is 11.4 Å². The summed E-state index contributed by atoms with van der Waals surface area (Å²) in [6.45, 7) is 2.02. The molecule has 10 heteroatoms. The second kappa shape index (κ2) is 9.78. The predicted octanol–water partition coefficient (Wildman–Crippen LogP) is 4.69. The number of nitrogens with one attached hydrogen (secondary N) is 2. The third kappa shape index (κ3) is 5.72. The molecule has 0 radical (unpaired) electrons. The average molecular weight is 451 g/mol. The van der Waals surface area contributed by atoms with Gasteiger partial charge in [-0.1, -0.05) is 41.0 Å². The normalized spacial score (nSPS) is 10.6. The fourth-order valence-corrected chi connectivity index (χ4v) is 3.47. The van der Waals surface area contributed by atoms with Crippen molar-refractivity contribution in [2.45, 2.75) is 12.1 Å². The summed E-state index contributed by atoms with van der Waals surface area (Å²) in [5.41, 5.74) is 1.54. The van der Waals surface area contributed by atoms with Gasteiger partial charge in [-0.15, -0.1) is 5.10 Å². The largest absolute Gasteiger partial charge is 0.462 e. The number of anilines is 1. The van der Waals surface area contributed by atoms with E-state index in [1.807, 2.05) is 0 Å². The maximum atomic E-state index is 12.2. The monoisotopic (exact) mass is 450 g/mol. The van der Waals surface area contributed by atoms with Crippen molar-refractivity contribution in [3.63, 3.8) is 0 Å². The Morgan fingerprint density at radius 1 is 1.21 bits per heavy atom. The Morgan fingerprint density at radius 3 is 2.79 bits per heavy atom. The molecule has 0 saturated carbocycles. The zero-order valence-electron chi connectivity index (χ0n) is 15.2.